The van der Waals surface area contributed by atoms with Crippen molar-refractivity contribution in [2.24, 2.45) is 5.41 Å². The first-order valence-corrected chi connectivity index (χ1v) is 15.3. The molecule has 0 aliphatic carbocycles. The lowest BCUT2D eigenvalue weighted by molar-refractivity contribution is -0.124. The van der Waals surface area contributed by atoms with Gasteiger partial charge in [0.1, 0.15) is 11.6 Å². The molecule has 1 atom stereocenters. The highest BCUT2D eigenvalue weighted by atomic mass is 32.1. The van der Waals surface area contributed by atoms with E-state index in [0.29, 0.717) is 48.1 Å². The van der Waals surface area contributed by atoms with Crippen LogP contribution in [0.15, 0.2) is 54.6 Å². The second-order valence-electron chi connectivity index (χ2n) is 11.3. The Bertz CT molecular complexity index is 1770. The Morgan fingerprint density at radius 3 is 2.57 bits per heavy atom. The molecular formula is C32H31FN6O4S. The zero-order chi connectivity index (χ0) is 31.0. The second-order valence-corrected chi connectivity index (χ2v) is 12.3. The van der Waals surface area contributed by atoms with Crippen LogP contribution in [0.4, 0.5) is 9.52 Å². The molecule has 0 saturated carbocycles. The number of aromatic nitrogens is 3. The zero-order valence-corrected chi connectivity index (χ0v) is 25.3. The molecule has 4 heterocycles. The van der Waals surface area contributed by atoms with Gasteiger partial charge in [0.05, 0.1) is 16.7 Å². The van der Waals surface area contributed by atoms with Crippen molar-refractivity contribution in [3.05, 3.63) is 82.1 Å². The van der Waals surface area contributed by atoms with Gasteiger partial charge in [-0.25, -0.2) is 9.37 Å². The largest absolute Gasteiger partial charge is 0.438 e. The number of ether oxygens (including phenoxy) is 1. The summed E-state index contributed by atoms with van der Waals surface area (Å²) in [4.78, 5) is 45.1. The number of hydrogen-bond donors (Lipinski definition) is 2. The minimum absolute atomic E-state index is 0.0418. The van der Waals surface area contributed by atoms with E-state index >= 15 is 4.39 Å². The molecule has 2 aliphatic heterocycles. The predicted molar refractivity (Wildman–Crippen MR) is 163 cm³/mol. The van der Waals surface area contributed by atoms with E-state index < -0.39 is 17.2 Å². The molecule has 3 amide bonds. The van der Waals surface area contributed by atoms with Gasteiger partial charge in [-0.05, 0) is 44.0 Å². The summed E-state index contributed by atoms with van der Waals surface area (Å²) in [5, 5.41) is 13.7. The summed E-state index contributed by atoms with van der Waals surface area (Å²) in [6.45, 7) is 7.17. The molecule has 0 radical (unpaired) electrons. The van der Waals surface area contributed by atoms with Crippen LogP contribution >= 0.6 is 11.3 Å². The van der Waals surface area contributed by atoms with Crippen LogP contribution in [0.3, 0.4) is 0 Å². The van der Waals surface area contributed by atoms with Crippen LogP contribution in [-0.4, -0.2) is 57.4 Å². The molecule has 12 heteroatoms. The Labute approximate surface area is 257 Å². The van der Waals surface area contributed by atoms with E-state index in [-0.39, 0.29) is 33.4 Å². The number of carbonyl (C=O) groups is 3. The Morgan fingerprint density at radius 1 is 1.05 bits per heavy atom. The van der Waals surface area contributed by atoms with Crippen LogP contribution in [0.25, 0.3) is 11.3 Å². The van der Waals surface area contributed by atoms with Crippen LogP contribution in [0.1, 0.15) is 70.8 Å². The molecule has 0 bridgehead atoms. The number of anilines is 1. The first-order valence-electron chi connectivity index (χ1n) is 14.5. The average Bonchev–Trinajstić information content (AvgIpc) is 3.72. The van der Waals surface area contributed by atoms with Gasteiger partial charge in [-0.15, -0.1) is 10.2 Å². The SMILES string of the molecule is CCNC(=O)c1nnc(NC(=O)C(C)(C)[C@H]2c3ccccc3Oc3nc(-c4ccc(C(=O)N5CCCC5)c(F)c4)ccc32)s1. The fourth-order valence-corrected chi connectivity index (χ4v) is 6.36. The number of para-hydroxylation sites is 1. The quantitative estimate of drug-likeness (QED) is 0.276. The Hall–Kier alpha value is -4.71. The van der Waals surface area contributed by atoms with Gasteiger partial charge in [0.2, 0.25) is 21.9 Å². The topological polar surface area (TPSA) is 126 Å². The van der Waals surface area contributed by atoms with Gasteiger partial charge in [0.25, 0.3) is 11.8 Å². The van der Waals surface area contributed by atoms with E-state index in [1.54, 1.807) is 24.0 Å². The van der Waals surface area contributed by atoms with Crippen molar-refractivity contribution in [1.82, 2.24) is 25.4 Å². The number of nitrogens with zero attached hydrogens (tertiary/aromatic N) is 4. The lowest BCUT2D eigenvalue weighted by Crippen LogP contribution is -2.38. The van der Waals surface area contributed by atoms with Gasteiger partial charge in [-0.1, -0.05) is 55.5 Å². The maximum atomic E-state index is 15.2. The third-order valence-electron chi connectivity index (χ3n) is 8.01. The van der Waals surface area contributed by atoms with Crippen molar-refractivity contribution in [2.45, 2.75) is 39.5 Å². The van der Waals surface area contributed by atoms with E-state index in [2.05, 4.69) is 20.8 Å². The number of amides is 3. The van der Waals surface area contributed by atoms with Crippen LogP contribution in [0.2, 0.25) is 0 Å². The van der Waals surface area contributed by atoms with Crippen LogP contribution in [0.5, 0.6) is 11.6 Å². The minimum Gasteiger partial charge on any atom is -0.438 e. The van der Waals surface area contributed by atoms with E-state index in [9.17, 15) is 14.4 Å². The van der Waals surface area contributed by atoms with E-state index in [0.717, 1.165) is 29.7 Å². The molecular weight excluding hydrogens is 583 g/mol. The molecule has 1 fully saturated rings. The van der Waals surface area contributed by atoms with Gasteiger partial charge in [0.15, 0.2) is 0 Å². The number of fused-ring (bicyclic) bond motifs is 2. The molecule has 2 aliphatic rings. The molecule has 2 N–H and O–H groups in total. The zero-order valence-electron chi connectivity index (χ0n) is 24.5. The Kier molecular flexibility index (Phi) is 7.85. The van der Waals surface area contributed by atoms with Gasteiger partial charge in [-0.2, -0.15) is 0 Å². The average molecular weight is 615 g/mol. The van der Waals surface area contributed by atoms with E-state index in [1.165, 1.54) is 12.1 Å². The Balaban J connectivity index is 1.30. The third kappa shape index (κ3) is 5.41. The standard InChI is InChI=1S/C32H31FN6O4S/c1-4-34-26(40)28-37-38-31(44-28)36-30(42)32(2,3)25-20-9-5-6-10-24(20)43-27-21(25)13-14-23(35-27)18-11-12-19(22(33)17-18)29(41)39-15-7-8-16-39/h5-6,9-14,17,25H,4,7-8,15-16H2,1-3H3,(H,34,40)(H,36,38,42)/t25-/m0/s1. The molecule has 6 rings (SSSR count). The normalized spacial score (nSPS) is 15.6. The van der Waals surface area contributed by atoms with Crippen molar-refractivity contribution in [3.8, 4) is 22.9 Å². The summed E-state index contributed by atoms with van der Waals surface area (Å²) >= 11 is 0.996. The molecule has 44 heavy (non-hydrogen) atoms. The Morgan fingerprint density at radius 2 is 1.82 bits per heavy atom. The number of halogens is 1. The van der Waals surface area contributed by atoms with Crippen molar-refractivity contribution < 1.29 is 23.5 Å². The summed E-state index contributed by atoms with van der Waals surface area (Å²) in [5.74, 6) is -1.19. The van der Waals surface area contributed by atoms with E-state index in [4.69, 9.17) is 9.72 Å². The van der Waals surface area contributed by atoms with Crippen molar-refractivity contribution >= 4 is 34.2 Å². The maximum Gasteiger partial charge on any atom is 0.282 e. The fraction of sp³-hybridized carbons (Fsp3) is 0.312. The summed E-state index contributed by atoms with van der Waals surface area (Å²) in [5.41, 5.74) is 1.48. The highest BCUT2D eigenvalue weighted by Gasteiger charge is 2.44. The molecule has 2 aromatic heterocycles. The highest BCUT2D eigenvalue weighted by Crippen LogP contribution is 2.52. The summed E-state index contributed by atoms with van der Waals surface area (Å²) < 4.78 is 21.4. The fourth-order valence-electron chi connectivity index (χ4n) is 5.70. The number of benzene rings is 2. The monoisotopic (exact) mass is 614 g/mol. The lowest BCUT2D eigenvalue weighted by atomic mass is 9.69. The van der Waals surface area contributed by atoms with Crippen molar-refractivity contribution in [1.29, 1.82) is 0 Å². The van der Waals surface area contributed by atoms with Crippen LogP contribution in [0, 0.1) is 11.2 Å². The molecule has 1 saturated heterocycles. The summed E-state index contributed by atoms with van der Waals surface area (Å²) in [6, 6.07) is 15.6. The van der Waals surface area contributed by atoms with Crippen LogP contribution in [-0.2, 0) is 4.79 Å². The predicted octanol–water partition coefficient (Wildman–Crippen LogP) is 5.63. The number of rotatable bonds is 7. The number of nitrogens with one attached hydrogen (secondary N) is 2. The van der Waals surface area contributed by atoms with Gasteiger partial charge >= 0.3 is 0 Å². The number of pyridine rings is 1. The smallest absolute Gasteiger partial charge is 0.282 e. The summed E-state index contributed by atoms with van der Waals surface area (Å²) in [6.07, 6.45) is 1.85. The van der Waals surface area contributed by atoms with Gasteiger partial charge in [0, 0.05) is 42.2 Å². The first-order chi connectivity index (χ1) is 21.2. The van der Waals surface area contributed by atoms with E-state index in [1.807, 2.05) is 44.2 Å². The molecule has 10 nitrogen and oxygen atoms in total. The molecule has 4 aromatic rings. The van der Waals surface area contributed by atoms with Crippen LogP contribution < -0.4 is 15.4 Å². The summed E-state index contributed by atoms with van der Waals surface area (Å²) in [7, 11) is 0. The third-order valence-corrected chi connectivity index (χ3v) is 8.85. The molecule has 0 spiro atoms. The van der Waals surface area contributed by atoms with Gasteiger partial charge in [-0.3, -0.25) is 14.4 Å². The number of carbonyl (C=O) groups excluding carboxylic acids is 3. The molecule has 0 unspecified atom stereocenters. The molecule has 2 aromatic carbocycles. The second kappa shape index (κ2) is 11.8. The van der Waals surface area contributed by atoms with Crippen molar-refractivity contribution in [2.75, 3.05) is 25.0 Å². The minimum atomic E-state index is -1.03. The highest BCUT2D eigenvalue weighted by molar-refractivity contribution is 7.17. The van der Waals surface area contributed by atoms with Crippen molar-refractivity contribution in [3.63, 3.8) is 0 Å². The first kappa shape index (κ1) is 29.4. The van der Waals surface area contributed by atoms with Gasteiger partial charge < -0.3 is 20.3 Å². The maximum absolute atomic E-state index is 15.2. The number of hydrogen-bond acceptors (Lipinski definition) is 8. The lowest BCUT2D eigenvalue weighted by Gasteiger charge is -2.37. The number of likely N-dealkylation sites (tertiary alicyclic amines) is 1. The molecule has 226 valence electrons.